The molecule has 14 heavy (non-hydrogen) atoms. The van der Waals surface area contributed by atoms with Gasteiger partial charge in [-0.1, -0.05) is 12.5 Å². The highest BCUT2D eigenvalue weighted by Crippen LogP contribution is 1.99. The Kier molecular flexibility index (Phi) is 7.22. The van der Waals surface area contributed by atoms with Crippen molar-refractivity contribution in [2.45, 2.75) is 25.7 Å². The van der Waals surface area contributed by atoms with Crippen molar-refractivity contribution < 1.29 is 4.79 Å². The summed E-state index contributed by atoms with van der Waals surface area (Å²) in [5, 5.41) is 9.62. The molecule has 0 unspecified atom stereocenters. The van der Waals surface area contributed by atoms with Crippen molar-refractivity contribution in [1.82, 2.24) is 5.32 Å². The lowest BCUT2D eigenvalue weighted by molar-refractivity contribution is -0.113. The van der Waals surface area contributed by atoms with Gasteiger partial charge in [-0.2, -0.15) is 0 Å². The second-order valence-corrected chi connectivity index (χ2v) is 2.99. The minimum Gasteiger partial charge on any atom is -0.370 e. The van der Waals surface area contributed by atoms with E-state index in [9.17, 15) is 4.79 Å². The summed E-state index contributed by atoms with van der Waals surface area (Å²) in [7, 11) is 0. The van der Waals surface area contributed by atoms with E-state index >= 15 is 0 Å². The standard InChI is InChI=1S/C9H18N4O/c10-8(14)6-4-2-1-3-5-7-13-9(11)12/h4,6H,1-3,5,7H2,(H2,10,14)(H4,11,12,13)/b6-4+. The highest BCUT2D eigenvalue weighted by atomic mass is 16.1. The van der Waals surface area contributed by atoms with Gasteiger partial charge in [0.15, 0.2) is 5.96 Å². The molecule has 6 N–H and O–H groups in total. The van der Waals surface area contributed by atoms with Crippen LogP contribution in [-0.4, -0.2) is 18.4 Å². The highest BCUT2D eigenvalue weighted by Gasteiger charge is 1.89. The quantitative estimate of drug-likeness (QED) is 0.201. The molecule has 80 valence electrons. The topological polar surface area (TPSA) is 105 Å². The van der Waals surface area contributed by atoms with E-state index in [1.165, 1.54) is 6.08 Å². The Hall–Kier alpha value is -1.52. The SMILES string of the molecule is N=C(N)NCCCCC/C=C/C(N)=O. The molecule has 0 heterocycles. The molecule has 0 aromatic heterocycles. The third-order valence-corrected chi connectivity index (χ3v) is 1.65. The monoisotopic (exact) mass is 198 g/mol. The largest absolute Gasteiger partial charge is 0.370 e. The molecule has 0 aliphatic heterocycles. The van der Waals surface area contributed by atoms with Gasteiger partial charge < -0.3 is 16.8 Å². The average Bonchev–Trinajstić information content (AvgIpc) is 2.08. The number of rotatable bonds is 7. The third-order valence-electron chi connectivity index (χ3n) is 1.65. The van der Waals surface area contributed by atoms with Crippen molar-refractivity contribution in [3.8, 4) is 0 Å². The molecule has 0 radical (unpaired) electrons. The predicted molar refractivity (Wildman–Crippen MR) is 56.7 cm³/mol. The number of guanidine groups is 1. The highest BCUT2D eigenvalue weighted by molar-refractivity contribution is 5.85. The first-order valence-electron chi connectivity index (χ1n) is 4.67. The van der Waals surface area contributed by atoms with Crippen LogP contribution in [0.3, 0.4) is 0 Å². The molecule has 0 fully saturated rings. The van der Waals surface area contributed by atoms with Crippen LogP contribution in [0.5, 0.6) is 0 Å². The zero-order valence-electron chi connectivity index (χ0n) is 8.25. The van der Waals surface area contributed by atoms with E-state index < -0.39 is 5.91 Å². The van der Waals surface area contributed by atoms with Crippen LogP contribution in [0.4, 0.5) is 0 Å². The molecule has 0 saturated carbocycles. The molecule has 0 aromatic rings. The Bertz CT molecular complexity index is 213. The minimum absolute atomic E-state index is 0.0126. The molecular formula is C9H18N4O. The summed E-state index contributed by atoms with van der Waals surface area (Å²) in [6.45, 7) is 0.731. The molecule has 5 heteroatoms. The van der Waals surface area contributed by atoms with E-state index in [2.05, 4.69) is 5.32 Å². The normalized spacial score (nSPS) is 10.3. The lowest BCUT2D eigenvalue weighted by atomic mass is 10.2. The predicted octanol–water partition coefficient (Wildman–Crippen LogP) is 0.0714. The minimum atomic E-state index is -0.400. The van der Waals surface area contributed by atoms with Crippen LogP contribution >= 0.6 is 0 Å². The van der Waals surface area contributed by atoms with Gasteiger partial charge in [0, 0.05) is 6.54 Å². The molecule has 0 atom stereocenters. The first kappa shape index (κ1) is 12.5. The second-order valence-electron chi connectivity index (χ2n) is 2.99. The third kappa shape index (κ3) is 10.5. The van der Waals surface area contributed by atoms with Crippen LogP contribution in [0.2, 0.25) is 0 Å². The van der Waals surface area contributed by atoms with Gasteiger partial charge in [-0.05, 0) is 25.3 Å². The zero-order chi connectivity index (χ0) is 10.8. The average molecular weight is 198 g/mol. The number of carbonyl (C=O) groups excluding carboxylic acids is 1. The van der Waals surface area contributed by atoms with Crippen LogP contribution in [-0.2, 0) is 4.79 Å². The summed E-state index contributed by atoms with van der Waals surface area (Å²) in [5.74, 6) is -0.387. The fourth-order valence-corrected chi connectivity index (χ4v) is 0.987. The van der Waals surface area contributed by atoms with Crippen LogP contribution in [0.1, 0.15) is 25.7 Å². The van der Waals surface area contributed by atoms with E-state index in [-0.39, 0.29) is 5.96 Å². The van der Waals surface area contributed by atoms with Gasteiger partial charge in [-0.15, -0.1) is 0 Å². The van der Waals surface area contributed by atoms with Crippen molar-refractivity contribution in [3.05, 3.63) is 12.2 Å². The summed E-state index contributed by atoms with van der Waals surface area (Å²) >= 11 is 0. The maximum Gasteiger partial charge on any atom is 0.241 e. The molecule has 5 nitrogen and oxygen atoms in total. The summed E-state index contributed by atoms with van der Waals surface area (Å²) in [6, 6.07) is 0. The lowest BCUT2D eigenvalue weighted by Gasteiger charge is -2.01. The Morgan fingerprint density at radius 2 is 2.00 bits per heavy atom. The van der Waals surface area contributed by atoms with Gasteiger partial charge in [-0.25, -0.2) is 0 Å². The maximum absolute atomic E-state index is 10.3. The molecule has 0 saturated heterocycles. The van der Waals surface area contributed by atoms with Crippen molar-refractivity contribution in [3.63, 3.8) is 0 Å². The van der Waals surface area contributed by atoms with Gasteiger partial charge in [0.2, 0.25) is 5.91 Å². The number of nitrogens with one attached hydrogen (secondary N) is 2. The van der Waals surface area contributed by atoms with E-state index in [0.717, 1.165) is 32.2 Å². The van der Waals surface area contributed by atoms with E-state index in [1.54, 1.807) is 6.08 Å². The fourth-order valence-electron chi connectivity index (χ4n) is 0.987. The van der Waals surface area contributed by atoms with Gasteiger partial charge in [0.25, 0.3) is 0 Å². The summed E-state index contributed by atoms with van der Waals surface area (Å²) in [4.78, 5) is 10.3. The number of primary amides is 1. The van der Waals surface area contributed by atoms with Crippen molar-refractivity contribution in [2.75, 3.05) is 6.54 Å². The lowest BCUT2D eigenvalue weighted by Crippen LogP contribution is -2.30. The van der Waals surface area contributed by atoms with Crippen LogP contribution in [0, 0.1) is 5.41 Å². The molecule has 0 bridgehead atoms. The van der Waals surface area contributed by atoms with Crippen molar-refractivity contribution >= 4 is 11.9 Å². The maximum atomic E-state index is 10.3. The van der Waals surface area contributed by atoms with Gasteiger partial charge in [0.05, 0.1) is 0 Å². The van der Waals surface area contributed by atoms with E-state index in [1.807, 2.05) is 0 Å². The Labute approximate surface area is 84.0 Å². The molecule has 0 spiro atoms. The van der Waals surface area contributed by atoms with Crippen LogP contribution < -0.4 is 16.8 Å². The van der Waals surface area contributed by atoms with Crippen molar-refractivity contribution in [1.29, 1.82) is 5.41 Å². The first-order chi connectivity index (χ1) is 6.63. The second kappa shape index (κ2) is 8.10. The van der Waals surface area contributed by atoms with E-state index in [0.29, 0.717) is 0 Å². The molecule has 0 rings (SSSR count). The van der Waals surface area contributed by atoms with Crippen LogP contribution in [0.15, 0.2) is 12.2 Å². The Morgan fingerprint density at radius 3 is 2.57 bits per heavy atom. The number of carbonyl (C=O) groups is 1. The molecule has 0 aliphatic carbocycles. The molecule has 1 amide bonds. The number of hydrogen-bond acceptors (Lipinski definition) is 2. The molecular weight excluding hydrogens is 180 g/mol. The Morgan fingerprint density at radius 1 is 1.29 bits per heavy atom. The van der Waals surface area contributed by atoms with Gasteiger partial charge in [0.1, 0.15) is 0 Å². The number of hydrogen-bond donors (Lipinski definition) is 4. The smallest absolute Gasteiger partial charge is 0.241 e. The van der Waals surface area contributed by atoms with Gasteiger partial charge >= 0.3 is 0 Å². The Balaban J connectivity index is 3.14. The fraction of sp³-hybridized carbons (Fsp3) is 0.556. The summed E-state index contributed by atoms with van der Waals surface area (Å²) in [6.07, 6.45) is 7.06. The molecule has 0 aromatic carbocycles. The number of amides is 1. The number of allylic oxidation sites excluding steroid dienone is 1. The van der Waals surface area contributed by atoms with E-state index in [4.69, 9.17) is 16.9 Å². The van der Waals surface area contributed by atoms with Gasteiger partial charge in [-0.3, -0.25) is 10.2 Å². The zero-order valence-corrected chi connectivity index (χ0v) is 8.25. The van der Waals surface area contributed by atoms with Crippen molar-refractivity contribution in [2.24, 2.45) is 11.5 Å². The number of unbranched alkanes of at least 4 members (excludes halogenated alkanes) is 3. The first-order valence-corrected chi connectivity index (χ1v) is 4.67. The van der Waals surface area contributed by atoms with Crippen LogP contribution in [0.25, 0.3) is 0 Å². The summed E-state index contributed by atoms with van der Waals surface area (Å²) < 4.78 is 0. The number of nitrogens with two attached hydrogens (primary N) is 2. The summed E-state index contributed by atoms with van der Waals surface area (Å²) in [5.41, 5.74) is 10.0. The molecule has 0 aliphatic rings.